The number of aromatic amines is 1. The summed E-state index contributed by atoms with van der Waals surface area (Å²) in [5, 5.41) is 8.51. The Morgan fingerprint density at radius 3 is 2.60 bits per heavy atom. The number of halogens is 1. The van der Waals surface area contributed by atoms with Crippen molar-refractivity contribution in [3.8, 4) is 17.0 Å². The standard InChI is InChI=1S/C43H49ClN8O5S/c1-52-36(20-30-24-49-34-11-4-3-10-32(30)34)41(55)51-25-31-18-29(26-14-17-47-39(22-26)57-2)19-33(44)40(31)58-42-28(9-7-16-48-42)23-50-35(12-13-38(46)54)37(53)21-27(43(52)56)8-5-6-15-45/h3-4,7,9-11,14,16-19,22,24,27,35-36,49-50H,5-6,8,12-13,15,20-21,23,25,45H2,1-2H3,(H2,46,54)(H,51,55)/t27-,35+,36+/m1/s1. The van der Waals surface area contributed by atoms with E-state index in [1.165, 1.54) is 16.7 Å². The Morgan fingerprint density at radius 2 is 1.81 bits per heavy atom. The van der Waals surface area contributed by atoms with Crippen molar-refractivity contribution >= 4 is 57.8 Å². The molecule has 3 aromatic heterocycles. The van der Waals surface area contributed by atoms with E-state index in [1.54, 1.807) is 26.6 Å². The first-order chi connectivity index (χ1) is 28.1. The van der Waals surface area contributed by atoms with Gasteiger partial charge in [0.1, 0.15) is 11.1 Å². The van der Waals surface area contributed by atoms with Crippen LogP contribution < -0.4 is 26.8 Å². The molecule has 15 heteroatoms. The van der Waals surface area contributed by atoms with E-state index in [1.807, 2.05) is 66.9 Å². The van der Waals surface area contributed by atoms with Crippen LogP contribution in [0.25, 0.3) is 22.0 Å². The Hall–Kier alpha value is -5.28. The second kappa shape index (κ2) is 19.9. The second-order valence-electron chi connectivity index (χ2n) is 14.4. The SMILES string of the molecule is COc1cc(-c2cc(Cl)c3c(c2)CNC(=O)[C@H](Cc2c[nH]c4ccccc24)N(C)C(=O)[C@H](CCCCN)CC(=O)[C@H](CCC(N)=O)NCc2cccnc2S3)ccn1. The first-order valence-corrected chi connectivity index (χ1v) is 20.5. The van der Waals surface area contributed by atoms with Crippen LogP contribution in [0.4, 0.5) is 0 Å². The van der Waals surface area contributed by atoms with Crippen LogP contribution in [-0.4, -0.2) is 76.1 Å². The molecule has 0 bridgehead atoms. The number of methoxy groups -OCH3 is 1. The van der Waals surface area contributed by atoms with Gasteiger partial charge in [-0.2, -0.15) is 0 Å². The first-order valence-electron chi connectivity index (χ1n) is 19.3. The van der Waals surface area contributed by atoms with Gasteiger partial charge in [0.2, 0.25) is 23.6 Å². The van der Waals surface area contributed by atoms with Crippen molar-refractivity contribution in [1.82, 2.24) is 30.5 Å². The molecule has 3 atom stereocenters. The van der Waals surface area contributed by atoms with Crippen LogP contribution in [0.5, 0.6) is 5.88 Å². The van der Waals surface area contributed by atoms with Crippen LogP contribution in [-0.2, 0) is 38.7 Å². The van der Waals surface area contributed by atoms with Crippen molar-refractivity contribution in [2.45, 2.75) is 80.0 Å². The largest absolute Gasteiger partial charge is 0.481 e. The average molecular weight is 825 g/mol. The van der Waals surface area contributed by atoms with E-state index in [-0.39, 0.29) is 56.4 Å². The van der Waals surface area contributed by atoms with Crippen molar-refractivity contribution in [3.63, 3.8) is 0 Å². The maximum absolute atomic E-state index is 14.6. The van der Waals surface area contributed by atoms with Crippen molar-refractivity contribution in [2.75, 3.05) is 20.7 Å². The van der Waals surface area contributed by atoms with Crippen molar-refractivity contribution in [2.24, 2.45) is 17.4 Å². The number of carbonyl (C=O) groups is 4. The topological polar surface area (TPSA) is 198 Å². The molecule has 0 unspecified atom stereocenters. The molecule has 0 aliphatic carbocycles. The van der Waals surface area contributed by atoms with Crippen LogP contribution in [0.1, 0.15) is 55.2 Å². The lowest BCUT2D eigenvalue weighted by Crippen LogP contribution is -2.51. The van der Waals surface area contributed by atoms with Gasteiger partial charge in [0.05, 0.1) is 18.2 Å². The van der Waals surface area contributed by atoms with Gasteiger partial charge in [0.15, 0.2) is 5.78 Å². The highest BCUT2D eigenvalue weighted by Gasteiger charge is 2.34. The van der Waals surface area contributed by atoms with Crippen molar-refractivity contribution in [1.29, 1.82) is 0 Å². The molecule has 0 radical (unpaired) electrons. The van der Waals surface area contributed by atoms with Crippen LogP contribution in [0.3, 0.4) is 0 Å². The molecule has 0 saturated heterocycles. The van der Waals surface area contributed by atoms with Gasteiger partial charge in [-0.05, 0) is 84.0 Å². The van der Waals surface area contributed by atoms with Gasteiger partial charge in [-0.3, -0.25) is 19.2 Å². The van der Waals surface area contributed by atoms with Gasteiger partial charge >= 0.3 is 0 Å². The van der Waals surface area contributed by atoms with E-state index < -0.39 is 23.9 Å². The summed E-state index contributed by atoms with van der Waals surface area (Å²) in [5.74, 6) is -1.76. The summed E-state index contributed by atoms with van der Waals surface area (Å²) in [7, 11) is 3.17. The van der Waals surface area contributed by atoms with Gasteiger partial charge in [0, 0.05) is 85.8 Å². The first kappa shape index (κ1) is 42.3. The molecular formula is C43H49ClN8O5S. The number of aromatic nitrogens is 3. The molecule has 304 valence electrons. The number of unbranched alkanes of at least 4 members (excludes halogenated alkanes) is 1. The number of H-pyrrole nitrogens is 1. The summed E-state index contributed by atoms with van der Waals surface area (Å²) in [6.45, 7) is 0.756. The number of nitrogens with one attached hydrogen (secondary N) is 3. The zero-order valence-corrected chi connectivity index (χ0v) is 34.2. The molecule has 0 saturated carbocycles. The summed E-state index contributed by atoms with van der Waals surface area (Å²) in [4.78, 5) is 69.8. The lowest BCUT2D eigenvalue weighted by atomic mass is 9.90. The molecule has 0 spiro atoms. The van der Waals surface area contributed by atoms with E-state index in [0.717, 1.165) is 38.7 Å². The van der Waals surface area contributed by atoms with Crippen LogP contribution >= 0.6 is 23.4 Å². The summed E-state index contributed by atoms with van der Waals surface area (Å²) in [6.07, 6.45) is 7.12. The van der Waals surface area contributed by atoms with Crippen LogP contribution in [0.15, 0.2) is 89.2 Å². The highest BCUT2D eigenvalue weighted by atomic mass is 35.5. The minimum absolute atomic E-state index is 0.0225. The number of nitrogens with zero attached hydrogens (tertiary/aromatic N) is 3. The number of ketones is 1. The number of pyridine rings is 2. The third-order valence-electron chi connectivity index (χ3n) is 10.5. The Bertz CT molecular complexity index is 2270. The fourth-order valence-electron chi connectivity index (χ4n) is 7.30. The van der Waals surface area contributed by atoms with Gasteiger partial charge in [-0.25, -0.2) is 9.97 Å². The number of hydrogen-bond acceptors (Lipinski definition) is 10. The number of rotatable bonds is 11. The number of para-hydroxylation sites is 1. The zero-order chi connectivity index (χ0) is 41.2. The van der Waals surface area contributed by atoms with Crippen LogP contribution in [0.2, 0.25) is 5.02 Å². The maximum atomic E-state index is 14.6. The number of benzene rings is 2. The van der Waals surface area contributed by atoms with Crippen LogP contribution in [0, 0.1) is 5.92 Å². The fourth-order valence-corrected chi connectivity index (χ4v) is 8.65. The minimum atomic E-state index is -0.945. The number of likely N-dealkylation sites (N-methyl/N-ethyl adjacent to an activating group) is 1. The van der Waals surface area contributed by atoms with Gasteiger partial charge in [-0.1, -0.05) is 54.0 Å². The minimum Gasteiger partial charge on any atom is -0.481 e. The molecule has 2 aromatic carbocycles. The quantitative estimate of drug-likeness (QED) is 0.105. The lowest BCUT2D eigenvalue weighted by Gasteiger charge is -2.31. The van der Waals surface area contributed by atoms with Crippen molar-refractivity contribution in [3.05, 3.63) is 101 Å². The third kappa shape index (κ3) is 10.4. The Balaban J connectivity index is 1.46. The zero-order valence-electron chi connectivity index (χ0n) is 32.6. The number of carbonyl (C=O) groups excluding carboxylic acids is 4. The lowest BCUT2D eigenvalue weighted by molar-refractivity contribution is -0.143. The molecule has 0 fully saturated rings. The fraction of sp³-hybridized carbons (Fsp3) is 0.349. The molecule has 3 amide bonds. The third-order valence-corrected chi connectivity index (χ3v) is 12.2. The smallest absolute Gasteiger partial charge is 0.243 e. The van der Waals surface area contributed by atoms with E-state index in [2.05, 4.69) is 20.6 Å². The van der Waals surface area contributed by atoms with E-state index in [4.69, 9.17) is 32.8 Å². The van der Waals surface area contributed by atoms with E-state index >= 15 is 0 Å². The molecule has 7 N–H and O–H groups in total. The second-order valence-corrected chi connectivity index (χ2v) is 15.8. The molecule has 6 rings (SSSR count). The molecule has 1 aliphatic heterocycles. The van der Waals surface area contributed by atoms with Gasteiger partial charge in [0.25, 0.3) is 0 Å². The molecule has 58 heavy (non-hydrogen) atoms. The molecule has 13 nitrogen and oxygen atoms in total. The summed E-state index contributed by atoms with van der Waals surface area (Å²) in [6, 6.07) is 17.3. The monoisotopic (exact) mass is 824 g/mol. The van der Waals surface area contributed by atoms with E-state index in [0.29, 0.717) is 46.6 Å². The maximum Gasteiger partial charge on any atom is 0.243 e. The van der Waals surface area contributed by atoms with Crippen molar-refractivity contribution < 1.29 is 23.9 Å². The predicted molar refractivity (Wildman–Crippen MR) is 225 cm³/mol. The number of nitrogens with two attached hydrogens (primary N) is 2. The highest BCUT2D eigenvalue weighted by Crippen LogP contribution is 2.40. The summed E-state index contributed by atoms with van der Waals surface area (Å²) >= 11 is 8.47. The number of fused-ring (bicyclic) bond motifs is 3. The molecule has 1 aliphatic rings. The Labute approximate surface area is 347 Å². The number of primary amides is 1. The predicted octanol–water partition coefficient (Wildman–Crippen LogP) is 5.57. The molecule has 5 aromatic rings. The number of hydrogen-bond donors (Lipinski definition) is 5. The Morgan fingerprint density at radius 1 is 0.983 bits per heavy atom. The van der Waals surface area contributed by atoms with Gasteiger partial charge < -0.3 is 36.7 Å². The average Bonchev–Trinajstić information content (AvgIpc) is 3.64. The number of amides is 3. The normalized spacial score (nSPS) is 18.3. The highest BCUT2D eigenvalue weighted by molar-refractivity contribution is 7.99. The van der Waals surface area contributed by atoms with E-state index in [9.17, 15) is 19.2 Å². The number of ether oxygens (including phenoxy) is 1. The van der Waals surface area contributed by atoms with Gasteiger partial charge in [-0.15, -0.1) is 0 Å². The molecular weight excluding hydrogens is 776 g/mol. The number of Topliss-reactive ketones (excluding diaryl/α,β-unsaturated/α-hetero) is 1. The molecule has 4 heterocycles. The Kier molecular flexibility index (Phi) is 14.5. The summed E-state index contributed by atoms with van der Waals surface area (Å²) in [5.41, 5.74) is 16.3. The summed E-state index contributed by atoms with van der Waals surface area (Å²) < 4.78 is 5.39.